The van der Waals surface area contributed by atoms with Crippen LogP contribution in [-0.4, -0.2) is 99.1 Å². The number of aromatic amines is 2. The summed E-state index contributed by atoms with van der Waals surface area (Å²) in [7, 11) is -10.7. The second kappa shape index (κ2) is 11.1. The van der Waals surface area contributed by atoms with Gasteiger partial charge in [0, 0.05) is 0 Å². The molecule has 0 radical (unpaired) electrons. The second-order valence-corrected chi connectivity index (χ2v) is 13.2. The quantitative estimate of drug-likeness (QED) is 0.127. The molecule has 3 aliphatic rings. The molecule has 7 heterocycles. The highest BCUT2D eigenvalue weighted by molar-refractivity contribution is 7.46. The molecule has 7 rings (SSSR count). The smallest absolute Gasteiger partial charge is 0.280 e. The number of aromatic nitrogens is 8. The van der Waals surface area contributed by atoms with Gasteiger partial charge in [0.25, 0.3) is 26.8 Å². The molecule has 4 aromatic rings. The molecule has 10 atom stereocenters. The van der Waals surface area contributed by atoms with Crippen LogP contribution >= 0.6 is 15.6 Å². The molecule has 3 aliphatic heterocycles. The lowest BCUT2D eigenvalue weighted by Crippen LogP contribution is -2.41. The molecule has 6 N–H and O–H groups in total. The number of nitrogens with two attached hydrogens (primary N) is 1. The summed E-state index contributed by atoms with van der Waals surface area (Å²) in [6.07, 6.45) is -11.2. The summed E-state index contributed by atoms with van der Waals surface area (Å²) < 4.78 is 59.8. The summed E-state index contributed by atoms with van der Waals surface area (Å²) in [6.45, 7) is -0.388. The Hall–Kier alpha value is -3.44. The Labute approximate surface area is 254 Å². The van der Waals surface area contributed by atoms with E-state index in [-0.39, 0.29) is 34.1 Å². The summed E-state index contributed by atoms with van der Waals surface area (Å²) in [6, 6.07) is 0. The minimum Gasteiger partial charge on any atom is -0.756 e. The number of anilines is 1. The van der Waals surface area contributed by atoms with Crippen molar-refractivity contribution in [2.24, 2.45) is 0 Å². The highest BCUT2D eigenvalue weighted by Gasteiger charge is 2.51. The molecule has 0 spiro atoms. The van der Waals surface area contributed by atoms with Crippen molar-refractivity contribution in [2.45, 2.75) is 56.0 Å². The molecule has 0 aromatic carbocycles. The van der Waals surface area contributed by atoms with E-state index in [1.807, 2.05) is 0 Å². The van der Waals surface area contributed by atoms with E-state index in [0.29, 0.717) is 0 Å². The molecule has 0 amide bonds. The van der Waals surface area contributed by atoms with E-state index in [4.69, 9.17) is 33.3 Å². The Kier molecular flexibility index (Phi) is 7.51. The molecule has 0 bridgehead atoms. The zero-order valence-electron chi connectivity index (χ0n) is 23.1. The first-order valence-electron chi connectivity index (χ1n) is 13.3. The third-order valence-corrected chi connectivity index (χ3v) is 9.40. The van der Waals surface area contributed by atoms with E-state index in [1.165, 1.54) is 6.92 Å². The Morgan fingerprint density at radius 2 is 1.30 bits per heavy atom. The van der Waals surface area contributed by atoms with Crippen LogP contribution in [0.5, 0.6) is 0 Å². The van der Waals surface area contributed by atoms with Gasteiger partial charge in [0.15, 0.2) is 34.8 Å². The lowest BCUT2D eigenvalue weighted by molar-refractivity contribution is -0.244. The van der Waals surface area contributed by atoms with Crippen molar-refractivity contribution in [3.8, 4) is 0 Å². The Bertz CT molecular complexity index is 1900. The predicted octanol–water partition coefficient (Wildman–Crippen LogP) is -3.59. The first-order chi connectivity index (χ1) is 21.7. The summed E-state index contributed by atoms with van der Waals surface area (Å²) in [4.78, 5) is 71.1. The Morgan fingerprint density at radius 3 is 1.80 bits per heavy atom. The van der Waals surface area contributed by atoms with Crippen LogP contribution in [0.4, 0.5) is 5.95 Å². The monoisotopic (exact) mass is 687 g/mol. The van der Waals surface area contributed by atoms with Crippen molar-refractivity contribution in [2.75, 3.05) is 18.9 Å². The van der Waals surface area contributed by atoms with Crippen LogP contribution < -0.4 is 26.6 Å². The van der Waals surface area contributed by atoms with Gasteiger partial charge in [-0.1, -0.05) is 0 Å². The summed E-state index contributed by atoms with van der Waals surface area (Å²) in [5.41, 5.74) is 3.85. The number of aryl methyl sites for hydroxylation is 1. The maximum atomic E-state index is 13.0. The van der Waals surface area contributed by atoms with Crippen molar-refractivity contribution in [1.29, 1.82) is 0 Å². The van der Waals surface area contributed by atoms with Gasteiger partial charge in [0.2, 0.25) is 5.95 Å². The van der Waals surface area contributed by atoms with Crippen molar-refractivity contribution in [3.05, 3.63) is 39.2 Å². The summed E-state index contributed by atoms with van der Waals surface area (Å²) in [5, 5.41) is 22.2. The van der Waals surface area contributed by atoms with Crippen molar-refractivity contribution < 1.29 is 56.7 Å². The van der Waals surface area contributed by atoms with Crippen LogP contribution in [0.3, 0.4) is 0 Å². The number of fused-ring (bicyclic) bond motifs is 4. The number of nitrogens with zero attached hydrogens (tertiary/aromatic N) is 6. The minimum atomic E-state index is -5.35. The fraction of sp³-hybridized carbons (Fsp3) is 0.524. The van der Waals surface area contributed by atoms with Gasteiger partial charge in [-0.05, 0) is 6.92 Å². The van der Waals surface area contributed by atoms with E-state index in [2.05, 4.69) is 29.9 Å². The van der Waals surface area contributed by atoms with Crippen LogP contribution in [0, 0.1) is 6.92 Å². The van der Waals surface area contributed by atoms with Crippen LogP contribution in [-0.2, 0) is 36.7 Å². The number of nitrogens with one attached hydrogen (secondary N) is 2. The second-order valence-electron chi connectivity index (χ2n) is 10.5. The molecule has 4 aromatic heterocycles. The number of aliphatic hydroxyl groups is 2. The molecule has 3 fully saturated rings. The lowest BCUT2D eigenvalue weighted by Gasteiger charge is -2.34. The fourth-order valence-electron chi connectivity index (χ4n) is 5.47. The number of hydrogen-bond acceptors (Lipinski definition) is 19. The Balaban J connectivity index is 1.18. The van der Waals surface area contributed by atoms with Gasteiger partial charge in [-0.15, -0.1) is 0 Å². The molecule has 25 heteroatoms. The van der Waals surface area contributed by atoms with Gasteiger partial charge >= 0.3 is 0 Å². The third kappa shape index (κ3) is 5.39. The molecular weight excluding hydrogens is 664 g/mol. The SMILES string of the molecule is Cc1nc2c(ncn2[C@@H]2O[C@@H]3COP(=O)([O-])OC4[C@@H](COP(=O)([O-])OC3[C@@H]2O)O[C@@H](n2cnc3c(=O)[nH]c(N)nc32)[C@H]4O)c(=O)[nH]1. The highest BCUT2D eigenvalue weighted by Crippen LogP contribution is 2.50. The molecule has 248 valence electrons. The highest BCUT2D eigenvalue weighted by atomic mass is 31.2. The van der Waals surface area contributed by atoms with Gasteiger partial charge in [0.1, 0.15) is 42.4 Å². The molecule has 0 saturated carbocycles. The number of rotatable bonds is 2. The van der Waals surface area contributed by atoms with E-state index in [9.17, 15) is 38.7 Å². The van der Waals surface area contributed by atoms with Crippen molar-refractivity contribution >= 4 is 43.9 Å². The molecular formula is C21H23N9O14P2-2. The van der Waals surface area contributed by atoms with E-state index in [0.717, 1.165) is 21.8 Å². The number of H-pyrrole nitrogens is 2. The first kappa shape index (κ1) is 31.2. The average molecular weight is 687 g/mol. The molecule has 4 unspecified atom stereocenters. The zero-order chi connectivity index (χ0) is 32.7. The lowest BCUT2D eigenvalue weighted by atomic mass is 10.1. The molecule has 46 heavy (non-hydrogen) atoms. The number of phosphoric ester groups is 2. The van der Waals surface area contributed by atoms with E-state index < -0.39 is 89.1 Å². The normalized spacial score (nSPS) is 37.2. The zero-order valence-corrected chi connectivity index (χ0v) is 24.9. The van der Waals surface area contributed by atoms with Gasteiger partial charge < -0.3 is 58.3 Å². The maximum Gasteiger partial charge on any atom is 0.280 e. The third-order valence-electron chi connectivity index (χ3n) is 7.46. The van der Waals surface area contributed by atoms with Crippen LogP contribution in [0.25, 0.3) is 22.3 Å². The molecule has 23 nitrogen and oxygen atoms in total. The topological polar surface area (TPSA) is 329 Å². The number of imidazole rings is 2. The molecule has 3 saturated heterocycles. The Morgan fingerprint density at radius 1 is 0.848 bits per heavy atom. The molecule has 0 aliphatic carbocycles. The number of aliphatic hydroxyl groups excluding tert-OH is 2. The van der Waals surface area contributed by atoms with Crippen molar-refractivity contribution in [3.63, 3.8) is 0 Å². The van der Waals surface area contributed by atoms with Gasteiger partial charge in [-0.3, -0.25) is 32.8 Å². The average Bonchev–Trinajstić information content (AvgIpc) is 3.72. The number of hydrogen-bond donors (Lipinski definition) is 5. The fourth-order valence-corrected chi connectivity index (χ4v) is 7.37. The number of phosphoric acid groups is 2. The van der Waals surface area contributed by atoms with Gasteiger partial charge in [-0.25, -0.2) is 15.0 Å². The largest absolute Gasteiger partial charge is 0.756 e. The van der Waals surface area contributed by atoms with Crippen LogP contribution in [0.15, 0.2) is 22.2 Å². The first-order valence-corrected chi connectivity index (χ1v) is 16.2. The summed E-state index contributed by atoms with van der Waals surface area (Å²) >= 11 is 0. The predicted molar refractivity (Wildman–Crippen MR) is 142 cm³/mol. The standard InChI is InChI=1S/C21H25N9O14P2/c1-6-25-15-9(17(33)26-6)23-4-29(15)19-11(31)13-7(41-19)2-39-46(37,38)44-14-8(3-40-45(35,36)43-13)42-20(12(14)32)30-5-24-10-16(30)27-21(22)28-18(10)34/h4-5,7-8,11-14,19-20,31-32H,2-3H2,1H3,(H,35,36)(H,37,38)(H,25,26,33)(H3,22,27,28,34)/p-2/t7-,8-,11+,12+,13?,14?,19-,20-/m1/s1. The minimum absolute atomic E-state index is 0.0235. The van der Waals surface area contributed by atoms with E-state index >= 15 is 0 Å². The van der Waals surface area contributed by atoms with Crippen LogP contribution in [0.2, 0.25) is 0 Å². The maximum absolute atomic E-state index is 13.0. The van der Waals surface area contributed by atoms with E-state index in [1.54, 1.807) is 0 Å². The number of nitrogen functional groups attached to an aromatic ring is 1. The van der Waals surface area contributed by atoms with Crippen LogP contribution in [0.1, 0.15) is 18.3 Å². The summed E-state index contributed by atoms with van der Waals surface area (Å²) in [5.74, 6) is -0.0923. The van der Waals surface area contributed by atoms with Crippen molar-refractivity contribution in [1.82, 2.24) is 39.0 Å². The number of ether oxygens (including phenoxy) is 2. The van der Waals surface area contributed by atoms with Gasteiger partial charge in [0.05, 0.1) is 25.9 Å². The van der Waals surface area contributed by atoms with Gasteiger partial charge in [-0.2, -0.15) is 4.98 Å².